The number of benzene rings is 2. The van der Waals surface area contributed by atoms with E-state index in [2.05, 4.69) is 27.9 Å². The fourth-order valence-corrected chi connectivity index (χ4v) is 2.05. The lowest BCUT2D eigenvalue weighted by Crippen LogP contribution is -2.15. The van der Waals surface area contributed by atoms with Crippen LogP contribution in [-0.4, -0.2) is 13.0 Å². The zero-order chi connectivity index (χ0) is 13.8. The average Bonchev–Trinajstić information content (AvgIpc) is 2.40. The molecule has 98 valence electrons. The Labute approximate surface area is 125 Å². The van der Waals surface area contributed by atoms with Crippen molar-refractivity contribution in [2.75, 3.05) is 18.2 Å². The van der Waals surface area contributed by atoms with Crippen LogP contribution in [0, 0.1) is 3.57 Å². The van der Waals surface area contributed by atoms with E-state index in [-0.39, 0.29) is 5.91 Å². The van der Waals surface area contributed by atoms with Crippen molar-refractivity contribution < 1.29 is 9.53 Å². The molecular formula is C14H13IN2O2. The molecule has 0 saturated heterocycles. The fraction of sp³-hybridized carbons (Fsp3) is 0.0714. The van der Waals surface area contributed by atoms with Gasteiger partial charge in [0.25, 0.3) is 5.91 Å². The number of rotatable bonds is 3. The van der Waals surface area contributed by atoms with Crippen molar-refractivity contribution in [3.05, 3.63) is 51.6 Å². The van der Waals surface area contributed by atoms with Crippen molar-refractivity contribution >= 4 is 39.9 Å². The van der Waals surface area contributed by atoms with Crippen molar-refractivity contribution in [3.8, 4) is 5.75 Å². The largest absolute Gasteiger partial charge is 0.496 e. The predicted molar refractivity (Wildman–Crippen MR) is 84.5 cm³/mol. The maximum absolute atomic E-state index is 12.2. The lowest BCUT2D eigenvalue weighted by molar-refractivity contribution is 0.102. The molecule has 0 unspecified atom stereocenters. The Morgan fingerprint density at radius 1 is 1.21 bits per heavy atom. The van der Waals surface area contributed by atoms with Gasteiger partial charge in [0.2, 0.25) is 0 Å². The quantitative estimate of drug-likeness (QED) is 0.646. The lowest BCUT2D eigenvalue weighted by Gasteiger charge is -2.11. The SMILES string of the molecule is COc1cccc(N)c1C(=O)Nc1ccc(I)cc1. The number of nitrogens with one attached hydrogen (secondary N) is 1. The molecule has 0 bridgehead atoms. The molecule has 0 aliphatic heterocycles. The second-order valence-corrected chi connectivity index (χ2v) is 5.13. The molecule has 0 saturated carbocycles. The summed E-state index contributed by atoms with van der Waals surface area (Å²) in [7, 11) is 1.51. The maximum Gasteiger partial charge on any atom is 0.261 e. The number of hydrogen-bond acceptors (Lipinski definition) is 3. The van der Waals surface area contributed by atoms with Crippen molar-refractivity contribution in [3.63, 3.8) is 0 Å². The average molecular weight is 368 g/mol. The number of anilines is 2. The first-order valence-electron chi connectivity index (χ1n) is 5.61. The summed E-state index contributed by atoms with van der Waals surface area (Å²) in [6.45, 7) is 0. The fourth-order valence-electron chi connectivity index (χ4n) is 1.69. The van der Waals surface area contributed by atoms with Gasteiger partial charge in [-0.2, -0.15) is 0 Å². The molecule has 19 heavy (non-hydrogen) atoms. The third-order valence-corrected chi connectivity index (χ3v) is 3.33. The van der Waals surface area contributed by atoms with Crippen LogP contribution in [0.15, 0.2) is 42.5 Å². The van der Waals surface area contributed by atoms with E-state index in [9.17, 15) is 4.79 Å². The van der Waals surface area contributed by atoms with Gasteiger partial charge in [-0.1, -0.05) is 6.07 Å². The topological polar surface area (TPSA) is 64.3 Å². The molecule has 1 amide bonds. The molecule has 0 fully saturated rings. The zero-order valence-electron chi connectivity index (χ0n) is 10.3. The van der Waals surface area contributed by atoms with E-state index in [1.54, 1.807) is 18.2 Å². The van der Waals surface area contributed by atoms with Crippen LogP contribution in [0.1, 0.15) is 10.4 Å². The summed E-state index contributed by atoms with van der Waals surface area (Å²) in [6.07, 6.45) is 0. The summed E-state index contributed by atoms with van der Waals surface area (Å²) in [5, 5.41) is 2.80. The van der Waals surface area contributed by atoms with Crippen LogP contribution in [-0.2, 0) is 0 Å². The molecule has 0 spiro atoms. The first-order chi connectivity index (χ1) is 9.11. The van der Waals surface area contributed by atoms with Crippen molar-refractivity contribution in [1.82, 2.24) is 0 Å². The van der Waals surface area contributed by atoms with Crippen LogP contribution in [0.3, 0.4) is 0 Å². The molecule has 0 aliphatic rings. The summed E-state index contributed by atoms with van der Waals surface area (Å²) < 4.78 is 6.27. The van der Waals surface area contributed by atoms with Gasteiger partial charge < -0.3 is 15.8 Å². The Bertz CT molecular complexity index is 597. The van der Waals surface area contributed by atoms with Gasteiger partial charge in [-0.25, -0.2) is 0 Å². The molecule has 4 nitrogen and oxygen atoms in total. The first-order valence-corrected chi connectivity index (χ1v) is 6.69. The van der Waals surface area contributed by atoms with Crippen molar-refractivity contribution in [2.24, 2.45) is 0 Å². The number of ether oxygens (including phenoxy) is 1. The van der Waals surface area contributed by atoms with Gasteiger partial charge in [-0.15, -0.1) is 0 Å². The summed E-state index contributed by atoms with van der Waals surface area (Å²) in [6, 6.07) is 12.6. The number of nitrogens with two attached hydrogens (primary N) is 1. The molecule has 2 aromatic carbocycles. The predicted octanol–water partition coefficient (Wildman–Crippen LogP) is 3.13. The molecule has 5 heteroatoms. The minimum absolute atomic E-state index is 0.281. The Morgan fingerprint density at radius 3 is 2.53 bits per heavy atom. The van der Waals surface area contributed by atoms with Gasteiger partial charge >= 0.3 is 0 Å². The Morgan fingerprint density at radius 2 is 1.89 bits per heavy atom. The number of amides is 1. The van der Waals surface area contributed by atoms with Crippen LogP contribution in [0.25, 0.3) is 0 Å². The van der Waals surface area contributed by atoms with Crippen LogP contribution in [0.2, 0.25) is 0 Å². The lowest BCUT2D eigenvalue weighted by atomic mass is 10.1. The van der Waals surface area contributed by atoms with E-state index in [0.717, 1.165) is 9.26 Å². The minimum atomic E-state index is -0.281. The molecule has 0 aromatic heterocycles. The summed E-state index contributed by atoms with van der Waals surface area (Å²) in [4.78, 5) is 12.2. The molecule has 0 atom stereocenters. The monoisotopic (exact) mass is 368 g/mol. The van der Waals surface area contributed by atoms with Gasteiger partial charge in [-0.3, -0.25) is 4.79 Å². The Hall–Kier alpha value is -1.76. The van der Waals surface area contributed by atoms with Gasteiger partial charge in [0.15, 0.2) is 0 Å². The first kappa shape index (κ1) is 13.7. The van der Waals surface area contributed by atoms with Crippen molar-refractivity contribution in [2.45, 2.75) is 0 Å². The molecular weight excluding hydrogens is 355 g/mol. The van der Waals surface area contributed by atoms with Crippen LogP contribution in [0.5, 0.6) is 5.75 Å². The van der Waals surface area contributed by atoms with Gasteiger partial charge in [0, 0.05) is 14.9 Å². The van der Waals surface area contributed by atoms with E-state index < -0.39 is 0 Å². The molecule has 0 aliphatic carbocycles. The second-order valence-electron chi connectivity index (χ2n) is 3.89. The van der Waals surface area contributed by atoms with Crippen LogP contribution < -0.4 is 15.8 Å². The third-order valence-electron chi connectivity index (χ3n) is 2.61. The van der Waals surface area contributed by atoms with E-state index in [4.69, 9.17) is 10.5 Å². The van der Waals surface area contributed by atoms with Gasteiger partial charge in [0.05, 0.1) is 7.11 Å². The number of hydrogen-bond donors (Lipinski definition) is 2. The van der Waals surface area contributed by atoms with Crippen LogP contribution >= 0.6 is 22.6 Å². The molecule has 0 radical (unpaired) electrons. The van der Waals surface area contributed by atoms with Crippen molar-refractivity contribution in [1.29, 1.82) is 0 Å². The number of carbonyl (C=O) groups excluding carboxylic acids is 1. The van der Waals surface area contributed by atoms with Crippen LogP contribution in [0.4, 0.5) is 11.4 Å². The molecule has 3 N–H and O–H groups in total. The normalized spacial score (nSPS) is 10.0. The van der Waals surface area contributed by atoms with E-state index >= 15 is 0 Å². The number of methoxy groups -OCH3 is 1. The molecule has 2 aromatic rings. The molecule has 2 rings (SSSR count). The summed E-state index contributed by atoms with van der Waals surface area (Å²) in [5.74, 6) is 0.180. The highest BCUT2D eigenvalue weighted by Crippen LogP contribution is 2.25. The van der Waals surface area contributed by atoms with Gasteiger partial charge in [0.1, 0.15) is 11.3 Å². The zero-order valence-corrected chi connectivity index (χ0v) is 12.5. The highest BCUT2D eigenvalue weighted by molar-refractivity contribution is 14.1. The highest BCUT2D eigenvalue weighted by Gasteiger charge is 2.15. The third kappa shape index (κ3) is 3.17. The van der Waals surface area contributed by atoms with Gasteiger partial charge in [-0.05, 0) is 59.0 Å². The number of carbonyl (C=O) groups is 1. The van der Waals surface area contributed by atoms with E-state index in [1.165, 1.54) is 7.11 Å². The second kappa shape index (κ2) is 5.92. The standard InChI is InChI=1S/C14H13IN2O2/c1-19-12-4-2-3-11(16)13(12)14(18)17-10-7-5-9(15)6-8-10/h2-8H,16H2,1H3,(H,17,18). The highest BCUT2D eigenvalue weighted by atomic mass is 127. The number of halogens is 1. The maximum atomic E-state index is 12.2. The van der Waals surface area contributed by atoms with E-state index in [1.807, 2.05) is 24.3 Å². The van der Waals surface area contributed by atoms with E-state index in [0.29, 0.717) is 17.0 Å². The summed E-state index contributed by atoms with van der Waals surface area (Å²) >= 11 is 2.21. The Balaban J connectivity index is 2.27. The minimum Gasteiger partial charge on any atom is -0.496 e. The molecule has 0 heterocycles. The number of nitrogen functional groups attached to an aromatic ring is 1. The smallest absolute Gasteiger partial charge is 0.261 e. The summed E-state index contributed by atoms with van der Waals surface area (Å²) in [5.41, 5.74) is 7.29. The Kier molecular flexibility index (Phi) is 4.26.